The lowest BCUT2D eigenvalue weighted by Crippen LogP contribution is -2.01. The highest BCUT2D eigenvalue weighted by molar-refractivity contribution is 7.27. The average Bonchev–Trinajstić information content (AvgIpc) is 3.98. The maximum absolute atomic E-state index is 5.35. The molecule has 0 amide bonds. The van der Waals surface area contributed by atoms with E-state index in [1.54, 1.807) is 0 Å². The molecule has 0 aliphatic carbocycles. The Morgan fingerprint density at radius 2 is 0.779 bits per heavy atom. The lowest BCUT2D eigenvalue weighted by atomic mass is 9.89. The van der Waals surface area contributed by atoms with Gasteiger partial charge in [0.1, 0.15) is 0 Å². The van der Waals surface area contributed by atoms with Gasteiger partial charge < -0.3 is 4.57 Å². The van der Waals surface area contributed by atoms with Gasteiger partial charge in [0, 0.05) is 58.9 Å². The Morgan fingerprint density at radius 1 is 0.279 bits per heavy atom. The normalized spacial score (nSPS) is 11.5. The van der Waals surface area contributed by atoms with Crippen molar-refractivity contribution in [2.45, 2.75) is 0 Å². The predicted octanol–water partition coefficient (Wildman–Crippen LogP) is 17.0. The molecule has 0 saturated carbocycles. The molecule has 0 aliphatic heterocycles. The van der Waals surface area contributed by atoms with E-state index in [4.69, 9.17) is 15.0 Å². The number of benzene rings is 10. The van der Waals surface area contributed by atoms with Crippen LogP contribution in [-0.2, 0) is 0 Å². The van der Waals surface area contributed by atoms with Crippen LogP contribution >= 0.6 is 11.3 Å². The molecule has 318 valence electrons. The molecule has 5 heteroatoms. The van der Waals surface area contributed by atoms with Crippen LogP contribution in [0.2, 0.25) is 0 Å². The van der Waals surface area contributed by atoms with Gasteiger partial charge >= 0.3 is 0 Å². The van der Waals surface area contributed by atoms with Crippen LogP contribution < -0.4 is 0 Å². The van der Waals surface area contributed by atoms with Crippen molar-refractivity contribution in [3.63, 3.8) is 0 Å². The average molecular weight is 885 g/mol. The van der Waals surface area contributed by atoms with Gasteiger partial charge in [-0.1, -0.05) is 206 Å². The van der Waals surface area contributed by atoms with Crippen LogP contribution in [0.5, 0.6) is 0 Å². The first-order valence-corrected chi connectivity index (χ1v) is 23.7. The monoisotopic (exact) mass is 884 g/mol. The van der Waals surface area contributed by atoms with E-state index in [-0.39, 0.29) is 0 Å². The Balaban J connectivity index is 1.07. The third-order valence-corrected chi connectivity index (χ3v) is 14.4. The Kier molecular flexibility index (Phi) is 9.66. The van der Waals surface area contributed by atoms with Gasteiger partial charge in [-0.15, -0.1) is 11.3 Å². The van der Waals surface area contributed by atoms with Gasteiger partial charge in [-0.25, -0.2) is 15.0 Å². The van der Waals surface area contributed by atoms with Crippen molar-refractivity contribution >= 4 is 53.3 Å². The summed E-state index contributed by atoms with van der Waals surface area (Å²) in [5.74, 6) is 1.87. The quantitative estimate of drug-likeness (QED) is 0.153. The molecule has 0 unspecified atom stereocenters. The summed E-state index contributed by atoms with van der Waals surface area (Å²) in [6.45, 7) is 0. The standard InChI is InChI=1S/C63H40N4S/c1-6-19-41(20-7-1)48-35-33-45(39-54(48)42-21-8-2-9-22-42)46-34-36-49(55(40-46)63-65-61(43-23-10-3-11-24-43)64-62(66-63)44-25-12-4-13-26-44)50-30-18-31-51-52-37-38-57-58(60(52)68-59(50)51)53-29-16-17-32-56(53)67(57)47-27-14-5-15-28-47/h1-40H. The second kappa shape index (κ2) is 16.6. The van der Waals surface area contributed by atoms with Crippen LogP contribution in [0, 0.1) is 0 Å². The minimum absolute atomic E-state index is 0.616. The van der Waals surface area contributed by atoms with E-state index >= 15 is 0 Å². The van der Waals surface area contributed by atoms with E-state index in [9.17, 15) is 0 Å². The Morgan fingerprint density at radius 3 is 1.43 bits per heavy atom. The molecule has 0 atom stereocenters. The van der Waals surface area contributed by atoms with Gasteiger partial charge in [0.15, 0.2) is 17.5 Å². The maximum atomic E-state index is 5.35. The molecule has 0 fully saturated rings. The summed E-state index contributed by atoms with van der Waals surface area (Å²) in [6.07, 6.45) is 0. The molecule has 3 aromatic heterocycles. The molecule has 13 rings (SSSR count). The zero-order valence-electron chi connectivity index (χ0n) is 36.8. The van der Waals surface area contributed by atoms with E-state index in [0.717, 1.165) is 44.6 Å². The largest absolute Gasteiger partial charge is 0.309 e. The van der Waals surface area contributed by atoms with Crippen LogP contribution in [0.1, 0.15) is 0 Å². The first-order valence-electron chi connectivity index (χ1n) is 22.9. The fourth-order valence-corrected chi connectivity index (χ4v) is 11.3. The second-order valence-electron chi connectivity index (χ2n) is 17.1. The van der Waals surface area contributed by atoms with Crippen molar-refractivity contribution < 1.29 is 0 Å². The number of thiophene rings is 1. The number of fused-ring (bicyclic) bond motifs is 7. The van der Waals surface area contributed by atoms with E-state index in [0.29, 0.717) is 17.5 Å². The summed E-state index contributed by atoms with van der Waals surface area (Å²) in [5.41, 5.74) is 15.4. The summed E-state index contributed by atoms with van der Waals surface area (Å²) in [4.78, 5) is 15.8. The summed E-state index contributed by atoms with van der Waals surface area (Å²) in [5, 5.41) is 4.99. The Bertz CT molecular complexity index is 3940. The molecule has 0 radical (unpaired) electrons. The Labute approximate surface area is 397 Å². The van der Waals surface area contributed by atoms with Crippen LogP contribution in [0.4, 0.5) is 0 Å². The predicted molar refractivity (Wildman–Crippen MR) is 285 cm³/mol. The van der Waals surface area contributed by atoms with Gasteiger partial charge in [0.05, 0.1) is 11.0 Å². The summed E-state index contributed by atoms with van der Waals surface area (Å²) < 4.78 is 4.90. The first kappa shape index (κ1) is 39.6. The smallest absolute Gasteiger partial charge is 0.164 e. The fraction of sp³-hybridized carbons (Fsp3) is 0. The SMILES string of the molecule is c1ccc(-c2nc(-c3ccccc3)nc(-c3cc(-c4ccc(-c5ccccc5)c(-c5ccccc5)c4)ccc3-c3cccc4c3sc3c4ccc4c3c3ccccc3n4-c3ccccc3)n2)cc1. The lowest BCUT2D eigenvalue weighted by molar-refractivity contribution is 1.07. The fourth-order valence-electron chi connectivity index (χ4n) is 9.90. The van der Waals surface area contributed by atoms with Crippen LogP contribution in [0.3, 0.4) is 0 Å². The third kappa shape index (κ3) is 6.79. The van der Waals surface area contributed by atoms with E-state index < -0.39 is 0 Å². The van der Waals surface area contributed by atoms with Crippen LogP contribution in [0.15, 0.2) is 243 Å². The van der Waals surface area contributed by atoms with Crippen molar-refractivity contribution in [2.75, 3.05) is 0 Å². The molecule has 0 N–H and O–H groups in total. The molecule has 3 heterocycles. The van der Waals surface area contributed by atoms with Gasteiger partial charge in [0.25, 0.3) is 0 Å². The van der Waals surface area contributed by atoms with E-state index in [1.807, 2.05) is 47.7 Å². The number of nitrogens with zero attached hydrogens (tertiary/aromatic N) is 4. The summed E-state index contributed by atoms with van der Waals surface area (Å²) >= 11 is 1.87. The molecule has 0 saturated heterocycles. The minimum atomic E-state index is 0.616. The Hall–Kier alpha value is -8.77. The van der Waals surface area contributed by atoms with Crippen LogP contribution in [-0.4, -0.2) is 19.5 Å². The van der Waals surface area contributed by atoms with E-state index in [2.05, 4.69) is 211 Å². The molecule has 0 bridgehead atoms. The zero-order valence-corrected chi connectivity index (χ0v) is 37.6. The highest BCUT2D eigenvalue weighted by Gasteiger charge is 2.22. The zero-order chi connectivity index (χ0) is 45.0. The highest BCUT2D eigenvalue weighted by Crippen LogP contribution is 2.48. The van der Waals surface area contributed by atoms with Gasteiger partial charge in [-0.3, -0.25) is 0 Å². The lowest BCUT2D eigenvalue weighted by Gasteiger charge is -2.16. The number of rotatable bonds is 8. The molecular weight excluding hydrogens is 845 g/mol. The van der Waals surface area contributed by atoms with Crippen LogP contribution in [0.25, 0.3) is 126 Å². The van der Waals surface area contributed by atoms with Gasteiger partial charge in [-0.05, 0) is 75.3 Å². The molecule has 0 spiro atoms. The summed E-state index contributed by atoms with van der Waals surface area (Å²) in [7, 11) is 0. The van der Waals surface area contributed by atoms with Gasteiger partial charge in [-0.2, -0.15) is 0 Å². The molecule has 13 aromatic rings. The van der Waals surface area contributed by atoms with Crippen molar-refractivity contribution in [3.8, 4) is 84.4 Å². The third-order valence-electron chi connectivity index (χ3n) is 13.1. The number of hydrogen-bond donors (Lipinski definition) is 0. The number of hydrogen-bond acceptors (Lipinski definition) is 4. The van der Waals surface area contributed by atoms with E-state index in [1.165, 1.54) is 64.2 Å². The molecule has 10 aromatic carbocycles. The topological polar surface area (TPSA) is 43.6 Å². The maximum Gasteiger partial charge on any atom is 0.164 e. The summed E-state index contributed by atoms with van der Waals surface area (Å²) in [6, 6.07) is 86.3. The van der Waals surface area contributed by atoms with Crippen molar-refractivity contribution in [1.29, 1.82) is 0 Å². The molecular formula is C63H40N4S. The molecule has 68 heavy (non-hydrogen) atoms. The first-order chi connectivity index (χ1) is 33.7. The van der Waals surface area contributed by atoms with Crippen molar-refractivity contribution in [3.05, 3.63) is 243 Å². The molecule has 0 aliphatic rings. The van der Waals surface area contributed by atoms with Crippen molar-refractivity contribution in [2.24, 2.45) is 0 Å². The van der Waals surface area contributed by atoms with Crippen molar-refractivity contribution in [1.82, 2.24) is 19.5 Å². The highest BCUT2D eigenvalue weighted by atomic mass is 32.1. The second-order valence-corrected chi connectivity index (χ2v) is 18.1. The minimum Gasteiger partial charge on any atom is -0.309 e. The molecule has 4 nitrogen and oxygen atoms in total. The van der Waals surface area contributed by atoms with Gasteiger partial charge in [0.2, 0.25) is 0 Å². The number of para-hydroxylation sites is 2. The number of aromatic nitrogens is 4.